The van der Waals surface area contributed by atoms with E-state index in [1.54, 1.807) is 18.2 Å². The Balaban J connectivity index is 2.31. The Morgan fingerprint density at radius 1 is 1.29 bits per heavy atom. The number of rotatable bonds is 3. The van der Waals surface area contributed by atoms with E-state index >= 15 is 0 Å². The van der Waals surface area contributed by atoms with Crippen LogP contribution in [0.4, 0.5) is 4.39 Å². The molecule has 1 N–H and O–H groups in total. The van der Waals surface area contributed by atoms with Crippen LogP contribution in [0.15, 0.2) is 28.1 Å². The Morgan fingerprint density at radius 2 is 1.86 bits per heavy atom. The van der Waals surface area contributed by atoms with Gasteiger partial charge in [0, 0.05) is 10.0 Å². The summed E-state index contributed by atoms with van der Waals surface area (Å²) in [6, 6.07) is 4.76. The van der Waals surface area contributed by atoms with Gasteiger partial charge >= 0.3 is 7.12 Å². The lowest BCUT2D eigenvalue weighted by atomic mass is 9.77. The first kappa shape index (κ1) is 16.7. The summed E-state index contributed by atoms with van der Waals surface area (Å²) in [6.07, 6.45) is 1.57. The molecule has 0 unspecified atom stereocenters. The molecule has 2 rings (SSSR count). The van der Waals surface area contributed by atoms with Crippen LogP contribution in [0.2, 0.25) is 0 Å². The van der Waals surface area contributed by atoms with Crippen LogP contribution in [-0.4, -0.2) is 30.0 Å². The van der Waals surface area contributed by atoms with E-state index in [0.29, 0.717) is 15.5 Å². The third-order valence-corrected chi connectivity index (χ3v) is 4.54. The fourth-order valence-corrected chi connectivity index (χ4v) is 2.33. The highest BCUT2D eigenvalue weighted by molar-refractivity contribution is 9.10. The van der Waals surface area contributed by atoms with Crippen molar-refractivity contribution in [2.45, 2.75) is 38.9 Å². The molecule has 3 nitrogen and oxygen atoms in total. The molecule has 114 valence electrons. The number of aliphatic hydroxyl groups is 1. The Labute approximate surface area is 133 Å². The summed E-state index contributed by atoms with van der Waals surface area (Å²) in [5.74, 6) is -0.369. The zero-order valence-corrected chi connectivity index (χ0v) is 14.2. The van der Waals surface area contributed by atoms with Crippen molar-refractivity contribution in [3.63, 3.8) is 0 Å². The molecule has 1 aliphatic heterocycles. The Bertz CT molecular complexity index is 556. The van der Waals surface area contributed by atoms with Gasteiger partial charge < -0.3 is 14.4 Å². The van der Waals surface area contributed by atoms with Crippen LogP contribution >= 0.6 is 15.9 Å². The normalized spacial score (nSPS) is 20.9. The third-order valence-electron chi connectivity index (χ3n) is 4.04. The lowest BCUT2D eigenvalue weighted by Crippen LogP contribution is -2.41. The molecule has 0 spiro atoms. The maximum Gasteiger partial charge on any atom is 0.492 e. The van der Waals surface area contributed by atoms with Gasteiger partial charge in [-0.05, 0) is 45.3 Å². The minimum absolute atomic E-state index is 0.258. The van der Waals surface area contributed by atoms with Gasteiger partial charge in [0.1, 0.15) is 5.82 Å². The van der Waals surface area contributed by atoms with Crippen molar-refractivity contribution in [2.75, 3.05) is 6.61 Å². The molecular weight excluding hydrogens is 338 g/mol. The van der Waals surface area contributed by atoms with Gasteiger partial charge in [-0.2, -0.15) is 0 Å². The summed E-state index contributed by atoms with van der Waals surface area (Å²) >= 11 is 3.22. The van der Waals surface area contributed by atoms with Crippen LogP contribution in [0.5, 0.6) is 0 Å². The maximum absolute atomic E-state index is 13.9. The molecule has 1 heterocycles. The van der Waals surface area contributed by atoms with E-state index in [1.807, 2.05) is 27.7 Å². The number of hydrogen-bond acceptors (Lipinski definition) is 3. The standard InChI is InChI=1S/C15H19BBrFO3/c1-14(2)15(3,4)21-16(20-14)11(9-19)7-10-5-6-12(17)8-13(10)18/h5-8,19H,9H2,1-4H3. The van der Waals surface area contributed by atoms with Crippen LogP contribution in [0.25, 0.3) is 6.08 Å². The monoisotopic (exact) mass is 356 g/mol. The van der Waals surface area contributed by atoms with E-state index in [1.165, 1.54) is 6.07 Å². The molecule has 0 radical (unpaired) electrons. The smallest absolute Gasteiger partial charge is 0.400 e. The van der Waals surface area contributed by atoms with Gasteiger partial charge in [0.25, 0.3) is 0 Å². The van der Waals surface area contributed by atoms with Gasteiger partial charge in [-0.3, -0.25) is 0 Å². The average Bonchev–Trinajstić information content (AvgIpc) is 2.57. The summed E-state index contributed by atoms with van der Waals surface area (Å²) in [7, 11) is -0.678. The molecule has 1 aliphatic rings. The summed E-state index contributed by atoms with van der Waals surface area (Å²) in [4.78, 5) is 0. The van der Waals surface area contributed by atoms with Crippen LogP contribution in [-0.2, 0) is 9.31 Å². The minimum atomic E-state index is -0.678. The van der Waals surface area contributed by atoms with Crippen molar-refractivity contribution in [2.24, 2.45) is 0 Å². The second kappa shape index (κ2) is 5.84. The van der Waals surface area contributed by atoms with E-state index < -0.39 is 18.3 Å². The van der Waals surface area contributed by atoms with Gasteiger partial charge in [0.05, 0.1) is 17.8 Å². The van der Waals surface area contributed by atoms with Gasteiger partial charge in [0.15, 0.2) is 0 Å². The van der Waals surface area contributed by atoms with Crippen LogP contribution in [0.1, 0.15) is 33.3 Å². The highest BCUT2D eigenvalue weighted by atomic mass is 79.9. The van der Waals surface area contributed by atoms with Gasteiger partial charge in [0.2, 0.25) is 0 Å². The SMILES string of the molecule is CC1(C)OB(C(=Cc2ccc(Br)cc2F)CO)OC1(C)C. The molecule has 21 heavy (non-hydrogen) atoms. The van der Waals surface area contributed by atoms with Crippen molar-refractivity contribution in [3.05, 3.63) is 39.5 Å². The average molecular weight is 357 g/mol. The molecule has 0 amide bonds. The van der Waals surface area contributed by atoms with E-state index in [2.05, 4.69) is 15.9 Å². The summed E-state index contributed by atoms with van der Waals surface area (Å²) in [5.41, 5.74) is -0.110. The fraction of sp³-hybridized carbons (Fsp3) is 0.467. The first-order chi connectivity index (χ1) is 9.66. The maximum atomic E-state index is 13.9. The van der Waals surface area contributed by atoms with Crippen molar-refractivity contribution < 1.29 is 18.8 Å². The second-order valence-electron chi connectivity index (χ2n) is 6.13. The topological polar surface area (TPSA) is 38.7 Å². The molecule has 1 aromatic carbocycles. The molecule has 1 aromatic rings. The number of benzene rings is 1. The lowest BCUT2D eigenvalue weighted by Gasteiger charge is -2.32. The van der Waals surface area contributed by atoms with Crippen molar-refractivity contribution >= 4 is 29.1 Å². The van der Waals surface area contributed by atoms with E-state index in [0.717, 1.165) is 0 Å². The Hall–Kier alpha value is -0.685. The minimum Gasteiger partial charge on any atom is -0.400 e. The fourth-order valence-electron chi connectivity index (χ4n) is 2.00. The zero-order valence-electron chi connectivity index (χ0n) is 12.6. The first-order valence-corrected chi connectivity index (χ1v) is 7.57. The molecular formula is C15H19BBrFO3. The highest BCUT2D eigenvalue weighted by Crippen LogP contribution is 2.38. The molecule has 6 heteroatoms. The van der Waals surface area contributed by atoms with Crippen molar-refractivity contribution in [1.29, 1.82) is 0 Å². The molecule has 0 aliphatic carbocycles. The molecule has 1 saturated heterocycles. The van der Waals surface area contributed by atoms with Gasteiger partial charge in [-0.25, -0.2) is 4.39 Å². The van der Waals surface area contributed by atoms with E-state index in [4.69, 9.17) is 9.31 Å². The van der Waals surface area contributed by atoms with E-state index in [-0.39, 0.29) is 12.4 Å². The van der Waals surface area contributed by atoms with Crippen LogP contribution < -0.4 is 0 Å². The van der Waals surface area contributed by atoms with Gasteiger partial charge in [-0.15, -0.1) is 0 Å². The Kier molecular flexibility index (Phi) is 4.64. The quantitative estimate of drug-likeness (QED) is 0.841. The van der Waals surface area contributed by atoms with Gasteiger partial charge in [-0.1, -0.05) is 28.1 Å². The predicted octanol–water partition coefficient (Wildman–Crippen LogP) is 3.60. The zero-order chi connectivity index (χ0) is 15.8. The van der Waals surface area contributed by atoms with E-state index in [9.17, 15) is 9.50 Å². The van der Waals surface area contributed by atoms with Crippen LogP contribution in [0.3, 0.4) is 0 Å². The number of halogens is 2. The summed E-state index contributed by atoms with van der Waals surface area (Å²) in [6.45, 7) is 7.47. The molecule has 1 fully saturated rings. The molecule has 0 saturated carbocycles. The Morgan fingerprint density at radius 3 is 2.33 bits per heavy atom. The van der Waals surface area contributed by atoms with Crippen molar-refractivity contribution in [3.8, 4) is 0 Å². The molecule has 0 bridgehead atoms. The second-order valence-corrected chi connectivity index (χ2v) is 7.05. The molecule has 0 atom stereocenters. The number of aliphatic hydroxyl groups excluding tert-OH is 1. The first-order valence-electron chi connectivity index (χ1n) is 6.78. The van der Waals surface area contributed by atoms with Crippen molar-refractivity contribution in [1.82, 2.24) is 0 Å². The predicted molar refractivity (Wildman–Crippen MR) is 85.2 cm³/mol. The highest BCUT2D eigenvalue weighted by Gasteiger charge is 2.52. The summed E-state index contributed by atoms with van der Waals surface area (Å²) in [5, 5.41) is 9.57. The van der Waals surface area contributed by atoms with Crippen LogP contribution in [0, 0.1) is 5.82 Å². The largest absolute Gasteiger partial charge is 0.492 e. The molecule has 0 aromatic heterocycles. The number of hydrogen-bond donors (Lipinski definition) is 1. The summed E-state index contributed by atoms with van der Waals surface area (Å²) < 4.78 is 26.3. The third kappa shape index (κ3) is 3.39. The lowest BCUT2D eigenvalue weighted by molar-refractivity contribution is 0.00578.